The molecule has 0 bridgehead atoms. The molecule has 2 aromatic rings. The highest BCUT2D eigenvalue weighted by atomic mass is 35.5. The highest BCUT2D eigenvalue weighted by Gasteiger charge is 2.08. The number of anilines is 2. The Labute approximate surface area is 134 Å². The predicted octanol–water partition coefficient (Wildman–Crippen LogP) is 3.82. The predicted molar refractivity (Wildman–Crippen MR) is 88.7 cm³/mol. The SMILES string of the molecule is Cc1nc(N)nc(N)c1CCCCc1ccc(Cl)cc1Cl. The summed E-state index contributed by atoms with van der Waals surface area (Å²) in [6.07, 6.45) is 3.73. The van der Waals surface area contributed by atoms with E-state index in [0.717, 1.165) is 42.5 Å². The van der Waals surface area contributed by atoms with Crippen LogP contribution in [0.2, 0.25) is 10.0 Å². The van der Waals surface area contributed by atoms with Crippen molar-refractivity contribution in [2.24, 2.45) is 0 Å². The van der Waals surface area contributed by atoms with E-state index < -0.39 is 0 Å². The van der Waals surface area contributed by atoms with Gasteiger partial charge in [-0.15, -0.1) is 0 Å². The van der Waals surface area contributed by atoms with E-state index >= 15 is 0 Å². The molecule has 1 aromatic carbocycles. The molecule has 0 unspecified atom stereocenters. The molecule has 21 heavy (non-hydrogen) atoms. The number of rotatable bonds is 5. The fraction of sp³-hybridized carbons (Fsp3) is 0.333. The van der Waals surface area contributed by atoms with Crippen LogP contribution in [-0.4, -0.2) is 9.97 Å². The summed E-state index contributed by atoms with van der Waals surface area (Å²) in [4.78, 5) is 8.15. The van der Waals surface area contributed by atoms with Crippen LogP contribution >= 0.6 is 23.2 Å². The minimum atomic E-state index is 0.224. The molecule has 4 N–H and O–H groups in total. The number of hydrogen-bond acceptors (Lipinski definition) is 4. The maximum Gasteiger partial charge on any atom is 0.222 e. The summed E-state index contributed by atoms with van der Waals surface area (Å²) < 4.78 is 0. The summed E-state index contributed by atoms with van der Waals surface area (Å²) in [6, 6.07) is 5.60. The first-order valence-corrected chi connectivity index (χ1v) is 7.55. The Morgan fingerprint density at radius 3 is 2.43 bits per heavy atom. The highest BCUT2D eigenvalue weighted by Crippen LogP contribution is 2.23. The lowest BCUT2D eigenvalue weighted by Gasteiger charge is -2.09. The maximum absolute atomic E-state index is 6.15. The lowest BCUT2D eigenvalue weighted by molar-refractivity contribution is 0.728. The molecule has 6 heteroatoms. The van der Waals surface area contributed by atoms with Gasteiger partial charge in [0.15, 0.2) is 0 Å². The Morgan fingerprint density at radius 2 is 1.76 bits per heavy atom. The lowest BCUT2D eigenvalue weighted by atomic mass is 10.0. The minimum Gasteiger partial charge on any atom is -0.383 e. The van der Waals surface area contributed by atoms with Crippen molar-refractivity contribution in [2.75, 3.05) is 11.5 Å². The van der Waals surface area contributed by atoms with E-state index in [-0.39, 0.29) is 5.95 Å². The average molecular weight is 325 g/mol. The summed E-state index contributed by atoms with van der Waals surface area (Å²) in [5.41, 5.74) is 14.4. The van der Waals surface area contributed by atoms with E-state index in [1.807, 2.05) is 19.1 Å². The number of benzene rings is 1. The van der Waals surface area contributed by atoms with Crippen molar-refractivity contribution in [2.45, 2.75) is 32.6 Å². The smallest absolute Gasteiger partial charge is 0.222 e. The first-order chi connectivity index (χ1) is 9.97. The summed E-state index contributed by atoms with van der Waals surface area (Å²) in [5.74, 6) is 0.700. The van der Waals surface area contributed by atoms with Crippen molar-refractivity contribution in [1.29, 1.82) is 0 Å². The Morgan fingerprint density at radius 1 is 1.05 bits per heavy atom. The number of hydrogen-bond donors (Lipinski definition) is 2. The van der Waals surface area contributed by atoms with E-state index in [9.17, 15) is 0 Å². The van der Waals surface area contributed by atoms with E-state index in [1.54, 1.807) is 6.07 Å². The van der Waals surface area contributed by atoms with Gasteiger partial charge in [-0.3, -0.25) is 0 Å². The number of nitrogen functional groups attached to an aromatic ring is 2. The quantitative estimate of drug-likeness (QED) is 0.819. The summed E-state index contributed by atoms with van der Waals surface area (Å²) >= 11 is 12.0. The Kier molecular flexibility index (Phi) is 5.26. The third-order valence-corrected chi connectivity index (χ3v) is 3.99. The van der Waals surface area contributed by atoms with Crippen LogP contribution in [0.4, 0.5) is 11.8 Å². The van der Waals surface area contributed by atoms with Crippen LogP contribution in [-0.2, 0) is 12.8 Å². The standard InChI is InChI=1S/C15H18Cl2N4/c1-9-12(14(18)21-15(19)20-9)5-3-2-4-10-6-7-11(16)8-13(10)17/h6-8H,2-5H2,1H3,(H4,18,19,20,21). The van der Waals surface area contributed by atoms with Gasteiger partial charge in [0.25, 0.3) is 0 Å². The summed E-state index contributed by atoms with van der Waals surface area (Å²) in [7, 11) is 0. The van der Waals surface area contributed by atoms with Crippen LogP contribution in [0.3, 0.4) is 0 Å². The zero-order valence-corrected chi connectivity index (χ0v) is 13.4. The second-order valence-electron chi connectivity index (χ2n) is 4.97. The molecule has 0 aliphatic carbocycles. The van der Waals surface area contributed by atoms with Gasteiger partial charge in [-0.2, -0.15) is 4.98 Å². The molecule has 0 atom stereocenters. The third kappa shape index (κ3) is 4.22. The Bertz CT molecular complexity index is 621. The van der Waals surface area contributed by atoms with Gasteiger partial charge in [-0.05, 0) is 50.3 Å². The summed E-state index contributed by atoms with van der Waals surface area (Å²) in [5, 5.41) is 1.38. The fourth-order valence-corrected chi connectivity index (χ4v) is 2.79. The number of nitrogens with zero attached hydrogens (tertiary/aromatic N) is 2. The van der Waals surface area contributed by atoms with E-state index in [2.05, 4.69) is 9.97 Å². The van der Waals surface area contributed by atoms with Crippen molar-refractivity contribution in [3.05, 3.63) is 45.1 Å². The summed E-state index contributed by atoms with van der Waals surface area (Å²) in [6.45, 7) is 1.90. The second kappa shape index (κ2) is 6.96. The first-order valence-electron chi connectivity index (χ1n) is 6.79. The largest absolute Gasteiger partial charge is 0.383 e. The number of aryl methyl sites for hydroxylation is 2. The maximum atomic E-state index is 6.15. The van der Waals surface area contributed by atoms with Crippen LogP contribution in [0.5, 0.6) is 0 Å². The first kappa shape index (κ1) is 15.9. The van der Waals surface area contributed by atoms with E-state index in [4.69, 9.17) is 34.7 Å². The topological polar surface area (TPSA) is 77.8 Å². The molecule has 0 saturated heterocycles. The van der Waals surface area contributed by atoms with Gasteiger partial charge >= 0.3 is 0 Å². The van der Waals surface area contributed by atoms with Crippen molar-refractivity contribution in [3.8, 4) is 0 Å². The molecule has 0 saturated carbocycles. The van der Waals surface area contributed by atoms with Crippen LogP contribution in [0.1, 0.15) is 29.7 Å². The van der Waals surface area contributed by atoms with Gasteiger partial charge in [0.2, 0.25) is 5.95 Å². The molecule has 0 fully saturated rings. The van der Waals surface area contributed by atoms with Crippen LogP contribution in [0.15, 0.2) is 18.2 Å². The van der Waals surface area contributed by atoms with Gasteiger partial charge in [0.05, 0.1) is 0 Å². The molecule has 1 aromatic heterocycles. The van der Waals surface area contributed by atoms with Crippen LogP contribution in [0, 0.1) is 6.92 Å². The van der Waals surface area contributed by atoms with Gasteiger partial charge in [-0.25, -0.2) is 4.98 Å². The molecule has 0 spiro atoms. The molecular formula is C15H18Cl2N4. The van der Waals surface area contributed by atoms with E-state index in [1.165, 1.54) is 0 Å². The number of nitrogens with two attached hydrogens (primary N) is 2. The van der Waals surface area contributed by atoms with Gasteiger partial charge < -0.3 is 11.5 Å². The van der Waals surface area contributed by atoms with E-state index in [0.29, 0.717) is 15.9 Å². The van der Waals surface area contributed by atoms with Crippen LogP contribution in [0.25, 0.3) is 0 Å². The molecule has 0 radical (unpaired) electrons. The number of aromatic nitrogens is 2. The molecule has 0 amide bonds. The highest BCUT2D eigenvalue weighted by molar-refractivity contribution is 6.35. The van der Waals surface area contributed by atoms with Crippen molar-refractivity contribution in [3.63, 3.8) is 0 Å². The second-order valence-corrected chi connectivity index (χ2v) is 5.82. The van der Waals surface area contributed by atoms with Gasteiger partial charge in [0.1, 0.15) is 5.82 Å². The van der Waals surface area contributed by atoms with Crippen LogP contribution < -0.4 is 11.5 Å². The Balaban J connectivity index is 1.90. The molecule has 112 valence electrons. The third-order valence-electron chi connectivity index (χ3n) is 3.40. The molecule has 1 heterocycles. The van der Waals surface area contributed by atoms with Gasteiger partial charge in [-0.1, -0.05) is 29.3 Å². The molecule has 0 aliphatic heterocycles. The molecule has 0 aliphatic rings. The monoisotopic (exact) mass is 324 g/mol. The minimum absolute atomic E-state index is 0.224. The van der Waals surface area contributed by atoms with Crippen molar-refractivity contribution >= 4 is 35.0 Å². The molecule has 4 nitrogen and oxygen atoms in total. The van der Waals surface area contributed by atoms with Gasteiger partial charge in [0, 0.05) is 21.3 Å². The van der Waals surface area contributed by atoms with Crippen molar-refractivity contribution < 1.29 is 0 Å². The average Bonchev–Trinajstić information content (AvgIpc) is 2.38. The molecule has 2 rings (SSSR count). The number of unbranched alkanes of at least 4 members (excludes halogenated alkanes) is 1. The molecular weight excluding hydrogens is 307 g/mol. The fourth-order valence-electron chi connectivity index (χ4n) is 2.29. The zero-order chi connectivity index (χ0) is 15.4. The Hall–Kier alpha value is -1.52. The van der Waals surface area contributed by atoms with Crippen molar-refractivity contribution in [1.82, 2.24) is 9.97 Å². The number of halogens is 2. The normalized spacial score (nSPS) is 10.8. The lowest BCUT2D eigenvalue weighted by Crippen LogP contribution is -2.07. The zero-order valence-electron chi connectivity index (χ0n) is 11.9.